The maximum Gasteiger partial charge on any atom is -0.0172 e. The lowest BCUT2D eigenvalue weighted by Crippen LogP contribution is -1.85. The van der Waals surface area contributed by atoms with Gasteiger partial charge < -0.3 is 0 Å². The standard InChI is InChI=1S/2C24H18.C18H14.4C2H6/c2*1-4-10-19(11-5-1)22-16-23(20-12-6-2-7-13-20)18-24(17-22)21-14-8-3-9-15-21;1-3-8-15(9-4-1)17-12-7-13-18(14-17)16-10-5-2-6-11-16;4*1-2/h2*1-18H;1-14H;4*1-2H3. The molecule has 0 aliphatic rings. The van der Waals surface area contributed by atoms with Crippen LogP contribution in [-0.4, -0.2) is 0 Å². The van der Waals surface area contributed by atoms with Gasteiger partial charge >= 0.3 is 0 Å². The fraction of sp³-hybridized carbons (Fsp3) is 0.108. The van der Waals surface area contributed by atoms with Crippen LogP contribution in [0.3, 0.4) is 0 Å². The van der Waals surface area contributed by atoms with Gasteiger partial charge in [-0.1, -0.05) is 316 Å². The zero-order chi connectivity index (χ0) is 52.6. The number of hydrogen-bond donors (Lipinski definition) is 0. The zero-order valence-electron chi connectivity index (χ0n) is 44.9. The number of hydrogen-bond acceptors (Lipinski definition) is 0. The Morgan fingerprint density at radius 3 is 0.365 bits per heavy atom. The van der Waals surface area contributed by atoms with Gasteiger partial charge in [0.15, 0.2) is 0 Å². The van der Waals surface area contributed by atoms with E-state index in [1.54, 1.807) is 0 Å². The van der Waals surface area contributed by atoms with Crippen LogP contribution in [-0.2, 0) is 0 Å². The van der Waals surface area contributed by atoms with Gasteiger partial charge in [-0.05, 0) is 131 Å². The summed E-state index contributed by atoms with van der Waals surface area (Å²) < 4.78 is 0. The molecule has 0 nitrogen and oxygen atoms in total. The minimum Gasteiger partial charge on any atom is -0.0683 e. The molecule has 74 heavy (non-hydrogen) atoms. The second-order valence-corrected chi connectivity index (χ2v) is 16.1. The first-order chi connectivity index (χ1) is 36.7. The second kappa shape index (κ2) is 32.4. The van der Waals surface area contributed by atoms with Gasteiger partial charge in [-0.25, -0.2) is 0 Å². The molecule has 11 aromatic rings. The summed E-state index contributed by atoms with van der Waals surface area (Å²) in [5.41, 5.74) is 20.0. The lowest BCUT2D eigenvalue weighted by atomic mass is 9.93. The maximum absolute atomic E-state index is 2.27. The first-order valence-electron chi connectivity index (χ1n) is 26.6. The lowest BCUT2D eigenvalue weighted by molar-refractivity contribution is 1.50. The van der Waals surface area contributed by atoms with Crippen molar-refractivity contribution < 1.29 is 0 Å². The molecule has 0 fully saturated rings. The van der Waals surface area contributed by atoms with E-state index in [0.717, 1.165) is 0 Å². The van der Waals surface area contributed by atoms with Crippen LogP contribution in [0.5, 0.6) is 0 Å². The molecule has 0 aromatic heterocycles. The van der Waals surface area contributed by atoms with Crippen LogP contribution < -0.4 is 0 Å². The van der Waals surface area contributed by atoms with Crippen LogP contribution in [0, 0.1) is 0 Å². The summed E-state index contributed by atoms with van der Waals surface area (Å²) >= 11 is 0. The molecule has 0 unspecified atom stereocenters. The SMILES string of the molecule is CC.CC.CC.CC.c1ccc(-c2cc(-c3ccccc3)cc(-c3ccccc3)c2)cc1.c1ccc(-c2cc(-c3ccccc3)cc(-c3ccccc3)c2)cc1.c1ccc(-c2cccc(-c3ccccc3)c2)cc1. The van der Waals surface area contributed by atoms with Crippen molar-refractivity contribution in [2.75, 3.05) is 0 Å². The molecule has 0 radical (unpaired) electrons. The third-order valence-corrected chi connectivity index (χ3v) is 11.6. The molecule has 0 heteroatoms. The van der Waals surface area contributed by atoms with Crippen molar-refractivity contribution in [3.63, 3.8) is 0 Å². The minimum absolute atomic E-state index is 1.24. The quantitative estimate of drug-likeness (QED) is 0.142. The third-order valence-electron chi connectivity index (χ3n) is 11.6. The predicted octanol–water partition coefficient (Wildman–Crippen LogP) is 22.5. The van der Waals surface area contributed by atoms with Crippen LogP contribution in [0.4, 0.5) is 0 Å². The summed E-state index contributed by atoms with van der Waals surface area (Å²) in [6.45, 7) is 16.0. The average molecular weight is 963 g/mol. The molecule has 0 saturated heterocycles. The number of rotatable bonds is 8. The van der Waals surface area contributed by atoms with E-state index < -0.39 is 0 Å². The van der Waals surface area contributed by atoms with Crippen molar-refractivity contribution in [3.05, 3.63) is 303 Å². The minimum atomic E-state index is 1.24. The lowest BCUT2D eigenvalue weighted by Gasteiger charge is -2.11. The molecule has 0 amide bonds. The molecule has 11 rings (SSSR count). The summed E-state index contributed by atoms with van der Waals surface area (Å²) in [6.07, 6.45) is 0. The Labute approximate surface area is 445 Å². The summed E-state index contributed by atoms with van der Waals surface area (Å²) in [6, 6.07) is 107. The second-order valence-electron chi connectivity index (χ2n) is 16.1. The summed E-state index contributed by atoms with van der Waals surface area (Å²) in [4.78, 5) is 0. The molecule has 0 aliphatic heterocycles. The molecule has 0 spiro atoms. The van der Waals surface area contributed by atoms with Crippen molar-refractivity contribution >= 4 is 0 Å². The van der Waals surface area contributed by atoms with Crippen LogP contribution in [0.2, 0.25) is 0 Å². The molecule has 0 N–H and O–H groups in total. The van der Waals surface area contributed by atoms with Gasteiger partial charge in [0.05, 0.1) is 0 Å². The Morgan fingerprint density at radius 2 is 0.216 bits per heavy atom. The molecule has 0 saturated carbocycles. The van der Waals surface area contributed by atoms with Crippen molar-refractivity contribution in [1.29, 1.82) is 0 Å². The van der Waals surface area contributed by atoms with E-state index in [0.29, 0.717) is 0 Å². The van der Waals surface area contributed by atoms with Crippen molar-refractivity contribution in [2.45, 2.75) is 55.4 Å². The van der Waals surface area contributed by atoms with Crippen LogP contribution >= 0.6 is 0 Å². The molecule has 0 atom stereocenters. The van der Waals surface area contributed by atoms with Gasteiger partial charge in [0.25, 0.3) is 0 Å². The summed E-state index contributed by atoms with van der Waals surface area (Å²) in [7, 11) is 0. The fourth-order valence-electron chi connectivity index (χ4n) is 8.18. The molecular formula is C74H74. The van der Waals surface area contributed by atoms with Gasteiger partial charge in [0, 0.05) is 0 Å². The zero-order valence-corrected chi connectivity index (χ0v) is 44.9. The predicted molar refractivity (Wildman–Crippen MR) is 328 cm³/mol. The van der Waals surface area contributed by atoms with Gasteiger partial charge in [0.2, 0.25) is 0 Å². The molecule has 0 aliphatic carbocycles. The Kier molecular flexibility index (Phi) is 24.7. The molecule has 0 bridgehead atoms. The Bertz CT molecular complexity index is 2670. The van der Waals surface area contributed by atoms with Crippen molar-refractivity contribution in [2.24, 2.45) is 0 Å². The topological polar surface area (TPSA) is 0 Å². The van der Waals surface area contributed by atoms with Crippen molar-refractivity contribution in [1.82, 2.24) is 0 Å². The molecular weight excluding hydrogens is 889 g/mol. The van der Waals surface area contributed by atoms with E-state index in [-0.39, 0.29) is 0 Å². The number of benzene rings is 11. The van der Waals surface area contributed by atoms with E-state index in [1.165, 1.54) is 89.0 Å². The normalized spacial score (nSPS) is 9.62. The molecule has 370 valence electrons. The van der Waals surface area contributed by atoms with Crippen molar-refractivity contribution in [3.8, 4) is 89.0 Å². The Balaban J connectivity index is 0.000000194. The van der Waals surface area contributed by atoms with Gasteiger partial charge in [-0.15, -0.1) is 0 Å². The highest BCUT2D eigenvalue weighted by atomic mass is 14.1. The Morgan fingerprint density at radius 1 is 0.108 bits per heavy atom. The smallest absolute Gasteiger partial charge is 0.0172 e. The van der Waals surface area contributed by atoms with Crippen LogP contribution in [0.15, 0.2) is 303 Å². The van der Waals surface area contributed by atoms with Gasteiger partial charge in [0.1, 0.15) is 0 Å². The maximum atomic E-state index is 2.27. The fourth-order valence-corrected chi connectivity index (χ4v) is 8.18. The van der Waals surface area contributed by atoms with Crippen LogP contribution in [0.25, 0.3) is 89.0 Å². The highest BCUT2D eigenvalue weighted by Gasteiger charge is 2.09. The summed E-state index contributed by atoms with van der Waals surface area (Å²) in [5.74, 6) is 0. The highest BCUT2D eigenvalue weighted by Crippen LogP contribution is 2.35. The first-order valence-corrected chi connectivity index (χ1v) is 26.6. The van der Waals surface area contributed by atoms with E-state index in [2.05, 4.69) is 291 Å². The van der Waals surface area contributed by atoms with E-state index >= 15 is 0 Å². The van der Waals surface area contributed by atoms with Gasteiger partial charge in [-0.3, -0.25) is 0 Å². The van der Waals surface area contributed by atoms with E-state index in [9.17, 15) is 0 Å². The van der Waals surface area contributed by atoms with Gasteiger partial charge in [-0.2, -0.15) is 0 Å². The molecule has 0 heterocycles. The average Bonchev–Trinajstić information content (AvgIpc) is 3.53. The molecule has 11 aromatic carbocycles. The largest absolute Gasteiger partial charge is 0.0683 e. The highest BCUT2D eigenvalue weighted by molar-refractivity contribution is 5.83. The van der Waals surface area contributed by atoms with Crippen LogP contribution in [0.1, 0.15) is 55.4 Å². The first kappa shape index (κ1) is 56.3. The summed E-state index contributed by atoms with van der Waals surface area (Å²) in [5, 5.41) is 0. The monoisotopic (exact) mass is 963 g/mol. The third kappa shape index (κ3) is 16.8. The Hall–Kier alpha value is -8.58. The van der Waals surface area contributed by atoms with E-state index in [1.807, 2.05) is 67.5 Å². The van der Waals surface area contributed by atoms with E-state index in [4.69, 9.17) is 0 Å².